The molecule has 3 aromatic rings. The summed E-state index contributed by atoms with van der Waals surface area (Å²) in [4.78, 5) is 28.5. The number of carbonyl (C=O) groups excluding carboxylic acids is 2. The van der Waals surface area contributed by atoms with E-state index in [9.17, 15) is 35.9 Å². The third-order valence-electron chi connectivity index (χ3n) is 7.05. The molecule has 0 bridgehead atoms. The normalized spacial score (nSPS) is 22.1. The number of halogens is 8. The Morgan fingerprint density at radius 3 is 1.49 bits per heavy atom. The van der Waals surface area contributed by atoms with Gasteiger partial charge in [0, 0.05) is 15.5 Å². The molecule has 5 rings (SSSR count). The Morgan fingerprint density at radius 2 is 1.15 bits per heavy atom. The molecule has 0 aromatic heterocycles. The summed E-state index contributed by atoms with van der Waals surface area (Å²) in [5, 5.41) is 0.353. The van der Waals surface area contributed by atoms with E-state index in [1.54, 1.807) is 0 Å². The molecule has 1 aliphatic carbocycles. The Labute approximate surface area is 226 Å². The molecule has 2 aliphatic rings. The Hall–Kier alpha value is -3.44. The quantitative estimate of drug-likeness (QED) is 0.232. The van der Waals surface area contributed by atoms with Gasteiger partial charge in [0.05, 0.1) is 17.0 Å². The number of nitrogens with zero attached hydrogens (tertiary/aromatic N) is 1. The van der Waals surface area contributed by atoms with Gasteiger partial charge < -0.3 is 9.47 Å². The van der Waals surface area contributed by atoms with Gasteiger partial charge in [-0.05, 0) is 60.5 Å². The van der Waals surface area contributed by atoms with Crippen LogP contribution in [-0.2, 0) is 15.0 Å². The first-order chi connectivity index (χ1) is 18.1. The third-order valence-corrected chi connectivity index (χ3v) is 7.49. The summed E-state index contributed by atoms with van der Waals surface area (Å²) in [5.74, 6) is -3.37. The van der Waals surface area contributed by atoms with Crippen LogP contribution in [0.3, 0.4) is 0 Å². The van der Waals surface area contributed by atoms with Crippen molar-refractivity contribution in [2.24, 2.45) is 11.3 Å². The Morgan fingerprint density at radius 1 is 0.744 bits per heavy atom. The zero-order valence-corrected chi connectivity index (χ0v) is 21.0. The van der Waals surface area contributed by atoms with E-state index < -0.39 is 52.8 Å². The molecule has 1 saturated heterocycles. The summed E-state index contributed by atoms with van der Waals surface area (Å²) in [6, 6.07) is 13.4. The highest BCUT2D eigenvalue weighted by atomic mass is 35.5. The minimum absolute atomic E-state index is 0.132. The fraction of sp³-hybridized carbons (Fsp3) is 0.231. The van der Waals surface area contributed by atoms with Gasteiger partial charge in [-0.3, -0.25) is 9.59 Å². The van der Waals surface area contributed by atoms with E-state index in [4.69, 9.17) is 23.2 Å². The molecule has 0 radical (unpaired) electrons. The third kappa shape index (κ3) is 4.37. The van der Waals surface area contributed by atoms with Crippen molar-refractivity contribution in [1.29, 1.82) is 0 Å². The van der Waals surface area contributed by atoms with Crippen molar-refractivity contribution in [2.75, 3.05) is 4.90 Å². The van der Waals surface area contributed by atoms with Crippen LogP contribution < -0.4 is 14.4 Å². The van der Waals surface area contributed by atoms with Crippen LogP contribution in [0.15, 0.2) is 66.7 Å². The molecular formula is C26H15Cl2F6NO4. The minimum Gasteiger partial charge on any atom is -0.406 e. The molecule has 5 nitrogen and oxygen atoms in total. The maximum absolute atomic E-state index is 13.8. The molecule has 39 heavy (non-hydrogen) atoms. The van der Waals surface area contributed by atoms with E-state index in [1.165, 1.54) is 49.4 Å². The number of piperidine rings is 1. The number of carbonyl (C=O) groups is 2. The number of benzene rings is 3. The van der Waals surface area contributed by atoms with Gasteiger partial charge >= 0.3 is 12.7 Å². The molecule has 13 heteroatoms. The van der Waals surface area contributed by atoms with Crippen molar-refractivity contribution >= 4 is 40.7 Å². The van der Waals surface area contributed by atoms with Crippen LogP contribution in [0.25, 0.3) is 0 Å². The highest BCUT2D eigenvalue weighted by Gasteiger charge is 2.86. The van der Waals surface area contributed by atoms with Gasteiger partial charge in [-0.2, -0.15) is 0 Å². The lowest BCUT2D eigenvalue weighted by molar-refractivity contribution is -0.275. The molecule has 0 spiro atoms. The molecular weight excluding hydrogens is 575 g/mol. The summed E-state index contributed by atoms with van der Waals surface area (Å²) in [5.41, 5.74) is -2.14. The number of hydrogen-bond donors (Lipinski definition) is 0. The number of fused-ring (bicyclic) bond motifs is 1. The summed E-state index contributed by atoms with van der Waals surface area (Å²) in [6.07, 6.45) is -9.89. The number of amides is 2. The zero-order valence-electron chi connectivity index (χ0n) is 19.5. The smallest absolute Gasteiger partial charge is 0.406 e. The minimum atomic E-state index is -4.94. The van der Waals surface area contributed by atoms with Crippen LogP contribution in [-0.4, -0.2) is 24.5 Å². The van der Waals surface area contributed by atoms with E-state index >= 15 is 0 Å². The monoisotopic (exact) mass is 589 g/mol. The van der Waals surface area contributed by atoms with Crippen LogP contribution in [0.2, 0.25) is 10.0 Å². The van der Waals surface area contributed by atoms with Crippen molar-refractivity contribution in [3.63, 3.8) is 0 Å². The second-order valence-corrected chi connectivity index (χ2v) is 10.1. The molecule has 1 saturated carbocycles. The largest absolute Gasteiger partial charge is 0.573 e. The molecule has 204 valence electrons. The molecule has 2 atom stereocenters. The summed E-state index contributed by atoms with van der Waals surface area (Å²) in [7, 11) is 0. The Kier molecular flexibility index (Phi) is 6.11. The average molecular weight is 590 g/mol. The van der Waals surface area contributed by atoms with Crippen LogP contribution >= 0.6 is 23.2 Å². The van der Waals surface area contributed by atoms with Crippen molar-refractivity contribution in [3.05, 3.63) is 87.9 Å². The van der Waals surface area contributed by atoms with Crippen molar-refractivity contribution in [2.45, 2.75) is 25.1 Å². The van der Waals surface area contributed by atoms with E-state index in [0.717, 1.165) is 29.2 Å². The number of anilines is 1. The first-order valence-electron chi connectivity index (χ1n) is 11.1. The number of rotatable bonds is 5. The first-order valence-corrected chi connectivity index (χ1v) is 11.9. The molecule has 1 aliphatic heterocycles. The Balaban J connectivity index is 1.60. The highest BCUT2D eigenvalue weighted by molar-refractivity contribution is 6.36. The highest BCUT2D eigenvalue weighted by Crippen LogP contribution is 2.76. The number of ether oxygens (including phenoxy) is 2. The lowest BCUT2D eigenvalue weighted by Gasteiger charge is -2.30. The second kappa shape index (κ2) is 8.79. The van der Waals surface area contributed by atoms with Gasteiger partial charge in [0.15, 0.2) is 0 Å². The van der Waals surface area contributed by atoms with Crippen LogP contribution in [0.5, 0.6) is 11.5 Å². The van der Waals surface area contributed by atoms with Gasteiger partial charge in [0.2, 0.25) is 11.8 Å². The van der Waals surface area contributed by atoms with E-state index in [2.05, 4.69) is 9.47 Å². The van der Waals surface area contributed by atoms with Gasteiger partial charge in [-0.15, -0.1) is 26.3 Å². The van der Waals surface area contributed by atoms with Gasteiger partial charge in [0.1, 0.15) is 11.5 Å². The predicted octanol–water partition coefficient (Wildman–Crippen LogP) is 7.29. The predicted molar refractivity (Wildman–Crippen MR) is 128 cm³/mol. The topological polar surface area (TPSA) is 55.8 Å². The maximum atomic E-state index is 13.8. The second-order valence-electron chi connectivity index (χ2n) is 9.19. The molecule has 2 amide bonds. The number of alkyl halides is 6. The Bertz CT molecular complexity index is 1390. The molecule has 2 fully saturated rings. The molecule has 1 heterocycles. The summed E-state index contributed by atoms with van der Waals surface area (Å²) in [6.45, 7) is 1.52. The van der Waals surface area contributed by atoms with E-state index in [1.807, 2.05) is 0 Å². The maximum Gasteiger partial charge on any atom is 0.573 e. The van der Waals surface area contributed by atoms with Crippen molar-refractivity contribution < 1.29 is 45.4 Å². The fourth-order valence-electron chi connectivity index (χ4n) is 5.66. The van der Waals surface area contributed by atoms with Gasteiger partial charge in [0.25, 0.3) is 0 Å². The lowest BCUT2D eigenvalue weighted by atomic mass is 9.79. The van der Waals surface area contributed by atoms with Crippen LogP contribution in [0, 0.1) is 11.3 Å². The molecule has 0 unspecified atom stereocenters. The average Bonchev–Trinajstić information content (AvgIpc) is 3.31. The summed E-state index contributed by atoms with van der Waals surface area (Å²) >= 11 is 12.1. The molecule has 0 N–H and O–H groups in total. The first kappa shape index (κ1) is 27.1. The molecule has 3 aromatic carbocycles. The number of imide groups is 1. The number of hydrogen-bond acceptors (Lipinski definition) is 4. The zero-order chi connectivity index (χ0) is 28.5. The summed E-state index contributed by atoms with van der Waals surface area (Å²) < 4.78 is 84.0. The van der Waals surface area contributed by atoms with E-state index in [-0.39, 0.29) is 15.7 Å². The van der Waals surface area contributed by atoms with E-state index in [0.29, 0.717) is 11.1 Å². The SMILES string of the molecule is C[C@]12C(=O)N(c3cc(Cl)cc(Cl)c3)C(=O)[C@H]1C2(c1ccc(OC(F)(F)F)cc1)c1ccc(OC(F)(F)F)cc1. The van der Waals surface area contributed by atoms with Crippen LogP contribution in [0.1, 0.15) is 18.1 Å². The van der Waals surface area contributed by atoms with Crippen LogP contribution in [0.4, 0.5) is 32.0 Å². The van der Waals surface area contributed by atoms with Gasteiger partial charge in [-0.1, -0.05) is 47.5 Å². The standard InChI is InChI=1S/C26H15Cl2F6NO4/c1-23-20(21(36)35(22(23)37)17-11-15(27)10-16(28)12-17)24(23,13-2-6-18(7-3-13)38-25(29,30)31)14-4-8-19(9-5-14)39-26(32,33)34/h2-12,20H,1H3/t20-,23-/m1/s1. The lowest BCUT2D eigenvalue weighted by Crippen LogP contribution is -2.42. The van der Waals surface area contributed by atoms with Crippen molar-refractivity contribution in [3.8, 4) is 11.5 Å². The fourth-order valence-corrected chi connectivity index (χ4v) is 6.17. The van der Waals surface area contributed by atoms with Crippen molar-refractivity contribution in [1.82, 2.24) is 0 Å². The van der Waals surface area contributed by atoms with Gasteiger partial charge in [-0.25, -0.2) is 4.90 Å².